The van der Waals surface area contributed by atoms with Gasteiger partial charge in [0.25, 0.3) is 23.6 Å². The highest BCUT2D eigenvalue weighted by Gasteiger charge is 2.34. The lowest BCUT2D eigenvalue weighted by Crippen LogP contribution is -2.44. The number of rotatable bonds is 23. The molecule has 25 heteroatoms. The van der Waals surface area contributed by atoms with Crippen molar-refractivity contribution in [3.05, 3.63) is 47.7 Å². The summed E-state index contributed by atoms with van der Waals surface area (Å²) in [6.45, 7) is -1.26. The lowest BCUT2D eigenvalue weighted by atomic mass is 9.99. The minimum absolute atomic E-state index is 0.000920. The van der Waals surface area contributed by atoms with Gasteiger partial charge in [0.1, 0.15) is 0 Å². The molecular weight excluding hydrogens is 1260 g/mol. The highest BCUT2D eigenvalue weighted by molar-refractivity contribution is 14.1. The van der Waals surface area contributed by atoms with Crippen molar-refractivity contribution in [3.63, 3.8) is 0 Å². The van der Waals surface area contributed by atoms with Crippen molar-refractivity contribution in [2.45, 2.75) is 51.3 Å². The summed E-state index contributed by atoms with van der Waals surface area (Å²) in [6.07, 6.45) is -6.60. The lowest BCUT2D eigenvalue weighted by molar-refractivity contribution is -0.116. The SMILES string of the molecule is CC(=O)N(CC(O)CN(C=O)c1c(C)c(C(=O)NCC(O)CO)c(I)c(C(=O)NCC(O)CO)c1I)c1c(C)c(C(=O)NCC(O)CO)c(I)c(C(=O)NCC(O)CO)c1I. The number of amides is 6. The Balaban J connectivity index is 2.79. The van der Waals surface area contributed by atoms with Crippen LogP contribution in [0.4, 0.5) is 11.4 Å². The minimum Gasteiger partial charge on any atom is -0.394 e. The Morgan fingerprint density at radius 2 is 0.836 bits per heavy atom. The predicted molar refractivity (Wildman–Crippen MR) is 252 cm³/mol. The molecule has 0 aliphatic carbocycles. The zero-order valence-corrected chi connectivity index (χ0v) is 41.5. The van der Waals surface area contributed by atoms with Gasteiger partial charge in [-0.3, -0.25) is 28.8 Å². The van der Waals surface area contributed by atoms with Crippen molar-refractivity contribution in [3.8, 4) is 0 Å². The van der Waals surface area contributed by atoms with Crippen molar-refractivity contribution in [1.29, 1.82) is 0 Å². The molecule has 2 rings (SSSR count). The molecule has 0 aliphatic rings. The molecule has 2 aromatic rings. The molecule has 0 radical (unpaired) electrons. The fourth-order valence-electron chi connectivity index (χ4n) is 5.69. The minimum atomic E-state index is -1.61. The number of aliphatic hydroxyl groups excluding tert-OH is 9. The number of carbonyl (C=O) groups is 6. The van der Waals surface area contributed by atoms with Crippen LogP contribution in [0, 0.1) is 28.1 Å². The molecule has 2 aromatic carbocycles. The van der Waals surface area contributed by atoms with E-state index in [-0.39, 0.29) is 85.2 Å². The molecule has 0 saturated carbocycles. The smallest absolute Gasteiger partial charge is 0.253 e. The molecule has 5 unspecified atom stereocenters. The Kier molecular flexibility index (Phi) is 23.4. The summed E-state index contributed by atoms with van der Waals surface area (Å²) in [5.41, 5.74) is -0.177. The maximum atomic E-state index is 13.6. The molecule has 340 valence electrons. The van der Waals surface area contributed by atoms with Gasteiger partial charge in [-0.25, -0.2) is 0 Å². The van der Waals surface area contributed by atoms with Gasteiger partial charge in [0, 0.05) is 40.2 Å². The zero-order valence-electron chi connectivity index (χ0n) is 32.9. The molecule has 6 amide bonds. The normalized spacial score (nSPS) is 13.6. The van der Waals surface area contributed by atoms with E-state index in [9.17, 15) is 74.7 Å². The van der Waals surface area contributed by atoms with Crippen LogP contribution in [0.15, 0.2) is 0 Å². The summed E-state index contributed by atoms with van der Waals surface area (Å²) in [7, 11) is 0. The van der Waals surface area contributed by atoms with Crippen LogP contribution in [-0.4, -0.2) is 178 Å². The molecule has 5 atom stereocenters. The van der Waals surface area contributed by atoms with Gasteiger partial charge in [0.05, 0.1) is 111 Å². The third-order valence-corrected chi connectivity index (χ3v) is 13.1. The third kappa shape index (κ3) is 14.4. The van der Waals surface area contributed by atoms with E-state index in [1.54, 1.807) is 90.4 Å². The van der Waals surface area contributed by atoms with E-state index in [1.807, 2.05) is 0 Å². The molecule has 13 N–H and O–H groups in total. The fraction of sp³-hybridized carbons (Fsp3) is 0.500. The van der Waals surface area contributed by atoms with Crippen LogP contribution >= 0.6 is 90.4 Å². The number of aliphatic hydroxyl groups is 9. The molecule has 0 fully saturated rings. The van der Waals surface area contributed by atoms with Crippen LogP contribution in [-0.2, 0) is 9.59 Å². The zero-order chi connectivity index (χ0) is 46.5. The quantitative estimate of drug-likeness (QED) is 0.0402. The number of benzene rings is 2. The first kappa shape index (κ1) is 55.0. The standard InChI is InChI=1S/C36H48I4N6O15/c1-15-23(33(58)41-4-18(53)10-47)27(37)25(35(60)43-6-20(55)12-49)29(39)31(15)45(14-51)8-22(57)9-46(17(3)52)32-16(2)24(34(59)42-5-19(54)11-48)28(38)26(30(32)40)36(61)44-7-21(56)13-50/h14,18-22,47-50,53-57H,4-13H2,1-3H3,(H,41,58)(H,42,59)(H,43,60)(H,44,61). The molecule has 0 saturated heterocycles. The summed E-state index contributed by atoms with van der Waals surface area (Å²) in [6, 6.07) is 0. The van der Waals surface area contributed by atoms with Crippen LogP contribution < -0.4 is 31.1 Å². The van der Waals surface area contributed by atoms with Gasteiger partial charge in [-0.2, -0.15) is 0 Å². The summed E-state index contributed by atoms with van der Waals surface area (Å²) >= 11 is 7.06. The van der Waals surface area contributed by atoms with Crippen molar-refractivity contribution >= 4 is 138 Å². The molecule has 61 heavy (non-hydrogen) atoms. The van der Waals surface area contributed by atoms with E-state index in [1.165, 1.54) is 13.8 Å². The molecule has 0 bridgehead atoms. The number of anilines is 2. The molecule has 0 aromatic heterocycles. The number of halogens is 4. The number of carbonyl (C=O) groups excluding carboxylic acids is 6. The van der Waals surface area contributed by atoms with Gasteiger partial charge in [0.2, 0.25) is 12.3 Å². The monoisotopic (exact) mass is 1310 g/mol. The van der Waals surface area contributed by atoms with Gasteiger partial charge in [-0.1, -0.05) is 0 Å². The highest BCUT2D eigenvalue weighted by Crippen LogP contribution is 2.39. The van der Waals surface area contributed by atoms with E-state index in [2.05, 4.69) is 21.3 Å². The van der Waals surface area contributed by atoms with Crippen molar-refractivity contribution in [2.75, 3.05) is 75.5 Å². The van der Waals surface area contributed by atoms with Gasteiger partial charge < -0.3 is 77.0 Å². The first-order valence-corrected chi connectivity index (χ1v) is 22.4. The first-order chi connectivity index (χ1) is 28.6. The summed E-state index contributed by atoms with van der Waals surface area (Å²) in [4.78, 5) is 82.8. The number of hydrogen-bond donors (Lipinski definition) is 13. The molecule has 0 aliphatic heterocycles. The Bertz CT molecular complexity index is 1840. The first-order valence-electron chi connectivity index (χ1n) is 18.1. The predicted octanol–water partition coefficient (Wildman–Crippen LogP) is -2.57. The second-order valence-electron chi connectivity index (χ2n) is 13.4. The maximum Gasteiger partial charge on any atom is 0.253 e. The van der Waals surface area contributed by atoms with Gasteiger partial charge >= 0.3 is 0 Å². The average Bonchev–Trinajstić information content (AvgIpc) is 3.21. The average molecular weight is 1310 g/mol. The lowest BCUT2D eigenvalue weighted by Gasteiger charge is -2.32. The van der Waals surface area contributed by atoms with E-state index in [4.69, 9.17) is 0 Å². The number of nitrogens with one attached hydrogen (secondary N) is 4. The van der Waals surface area contributed by atoms with E-state index in [0.717, 1.165) is 16.7 Å². The van der Waals surface area contributed by atoms with Crippen LogP contribution in [0.2, 0.25) is 0 Å². The highest BCUT2D eigenvalue weighted by atomic mass is 127. The van der Waals surface area contributed by atoms with Crippen molar-refractivity contribution < 1.29 is 74.7 Å². The van der Waals surface area contributed by atoms with Gasteiger partial charge in [-0.05, 0) is 115 Å². The number of hydrogen-bond acceptors (Lipinski definition) is 15. The Hall–Kier alpha value is -2.18. The Morgan fingerprint density at radius 1 is 0.525 bits per heavy atom. The van der Waals surface area contributed by atoms with Crippen LogP contribution in [0.5, 0.6) is 0 Å². The molecule has 21 nitrogen and oxygen atoms in total. The van der Waals surface area contributed by atoms with Crippen LogP contribution in [0.25, 0.3) is 0 Å². The molecular formula is C36H48I4N6O15. The second-order valence-corrected chi connectivity index (χ2v) is 17.7. The maximum absolute atomic E-state index is 13.6. The second kappa shape index (κ2) is 25.9. The summed E-state index contributed by atoms with van der Waals surface area (Å²) in [5.74, 6) is -3.89. The largest absolute Gasteiger partial charge is 0.394 e. The Labute approximate surface area is 404 Å². The van der Waals surface area contributed by atoms with Crippen LogP contribution in [0.3, 0.4) is 0 Å². The Morgan fingerprint density at radius 3 is 1.15 bits per heavy atom. The van der Waals surface area contributed by atoms with Crippen LogP contribution in [0.1, 0.15) is 59.5 Å². The molecule has 0 heterocycles. The van der Waals surface area contributed by atoms with E-state index < -0.39 is 99.6 Å². The van der Waals surface area contributed by atoms with E-state index in [0.29, 0.717) is 6.41 Å². The summed E-state index contributed by atoms with van der Waals surface area (Å²) in [5, 5.41) is 98.1. The van der Waals surface area contributed by atoms with E-state index >= 15 is 0 Å². The third-order valence-electron chi connectivity index (χ3n) is 8.80. The number of nitrogens with zero attached hydrogens (tertiary/aromatic N) is 2. The molecule has 0 spiro atoms. The topological polar surface area (TPSA) is 339 Å². The van der Waals surface area contributed by atoms with Gasteiger partial charge in [-0.15, -0.1) is 0 Å². The van der Waals surface area contributed by atoms with Crippen molar-refractivity contribution in [1.82, 2.24) is 21.3 Å². The van der Waals surface area contributed by atoms with Gasteiger partial charge in [0.15, 0.2) is 0 Å². The fourth-order valence-corrected chi connectivity index (χ4v) is 11.5. The van der Waals surface area contributed by atoms with Crippen molar-refractivity contribution in [2.24, 2.45) is 0 Å². The summed E-state index contributed by atoms with van der Waals surface area (Å²) < 4.78 is 0.456.